The molecular weight excluding hydrogens is 228 g/mol. The van der Waals surface area contributed by atoms with Crippen molar-refractivity contribution in [3.8, 4) is 0 Å². The van der Waals surface area contributed by atoms with Gasteiger partial charge < -0.3 is 19.3 Å². The average Bonchev–Trinajstić information content (AvgIpc) is 2.80. The Kier molecular flexibility index (Phi) is 3.92. The van der Waals surface area contributed by atoms with Gasteiger partial charge in [0.25, 0.3) is 0 Å². The smallest absolute Gasteiger partial charge is 0.339 e. The lowest BCUT2D eigenvalue weighted by molar-refractivity contribution is -0.354. The Bertz CT molecular complexity index is 441. The van der Waals surface area contributed by atoms with Crippen LogP contribution < -0.4 is 5.11 Å². The number of hydrogen-bond acceptors (Lipinski definition) is 6. The molecule has 0 radical (unpaired) electrons. The second-order valence-corrected chi connectivity index (χ2v) is 3.01. The minimum absolute atomic E-state index is 0.0280. The van der Waals surface area contributed by atoms with Crippen LogP contribution in [0.15, 0.2) is 34.8 Å². The molecule has 6 heteroatoms. The number of methoxy groups -OCH3 is 3. The molecule has 0 spiro atoms. The molecule has 0 aliphatic heterocycles. The first-order valence-electron chi connectivity index (χ1n) is 4.61. The first-order chi connectivity index (χ1) is 8.06. The third kappa shape index (κ3) is 2.30. The number of esters is 2. The molecule has 0 unspecified atom stereocenters. The fourth-order valence-corrected chi connectivity index (χ4v) is 1.36. The van der Waals surface area contributed by atoms with Crippen molar-refractivity contribution in [2.75, 3.05) is 21.3 Å². The Morgan fingerprint density at radius 1 is 1.00 bits per heavy atom. The van der Waals surface area contributed by atoms with Crippen LogP contribution in [0.25, 0.3) is 0 Å². The van der Waals surface area contributed by atoms with Gasteiger partial charge in [0.2, 0.25) is 0 Å². The Morgan fingerprint density at radius 3 is 2.06 bits per heavy atom. The number of ether oxygens (including phenoxy) is 3. The SMILES string of the molecule is COC(=O)C1=C(C(=O)OC)C(=C([O-])OC)C=C1. The maximum atomic E-state index is 11.5. The molecule has 17 heavy (non-hydrogen) atoms. The number of carbonyl (C=O) groups is 2. The van der Waals surface area contributed by atoms with Crippen molar-refractivity contribution in [3.05, 3.63) is 34.8 Å². The van der Waals surface area contributed by atoms with Gasteiger partial charge in [0.15, 0.2) is 0 Å². The van der Waals surface area contributed by atoms with Gasteiger partial charge in [-0.15, -0.1) is 0 Å². The van der Waals surface area contributed by atoms with Gasteiger partial charge in [0.1, 0.15) is 0 Å². The summed E-state index contributed by atoms with van der Waals surface area (Å²) >= 11 is 0. The van der Waals surface area contributed by atoms with Gasteiger partial charge in [-0.05, 0) is 13.2 Å². The first-order valence-corrected chi connectivity index (χ1v) is 4.61. The topological polar surface area (TPSA) is 84.9 Å². The zero-order chi connectivity index (χ0) is 13.0. The number of carbonyl (C=O) groups excluding carboxylic acids is 2. The van der Waals surface area contributed by atoms with Crippen LogP contribution in [-0.4, -0.2) is 33.3 Å². The monoisotopic (exact) mass is 239 g/mol. The molecule has 0 N–H and O–H groups in total. The lowest BCUT2D eigenvalue weighted by Gasteiger charge is -2.14. The van der Waals surface area contributed by atoms with E-state index >= 15 is 0 Å². The lowest BCUT2D eigenvalue weighted by atomic mass is 10.1. The highest BCUT2D eigenvalue weighted by Gasteiger charge is 2.27. The third-order valence-electron chi connectivity index (χ3n) is 2.16. The van der Waals surface area contributed by atoms with E-state index in [1.165, 1.54) is 26.4 Å². The maximum absolute atomic E-state index is 11.5. The number of rotatable bonds is 3. The van der Waals surface area contributed by atoms with Gasteiger partial charge in [0.05, 0.1) is 31.3 Å². The minimum Gasteiger partial charge on any atom is -0.616 e. The fraction of sp³-hybridized carbons (Fsp3) is 0.273. The van der Waals surface area contributed by atoms with Crippen molar-refractivity contribution in [3.63, 3.8) is 0 Å². The van der Waals surface area contributed by atoms with E-state index in [0.29, 0.717) is 0 Å². The van der Waals surface area contributed by atoms with E-state index in [9.17, 15) is 14.7 Å². The van der Waals surface area contributed by atoms with Gasteiger partial charge in [-0.2, -0.15) is 0 Å². The predicted octanol–water partition coefficient (Wildman–Crippen LogP) is -0.583. The first kappa shape index (κ1) is 12.8. The highest BCUT2D eigenvalue weighted by Crippen LogP contribution is 2.28. The van der Waals surface area contributed by atoms with Gasteiger partial charge in [-0.1, -0.05) is 6.08 Å². The Hall–Kier alpha value is -2.24. The molecule has 0 amide bonds. The van der Waals surface area contributed by atoms with Crippen molar-refractivity contribution < 1.29 is 28.9 Å². The molecule has 0 bridgehead atoms. The van der Waals surface area contributed by atoms with E-state index < -0.39 is 17.9 Å². The largest absolute Gasteiger partial charge is 0.616 e. The lowest BCUT2D eigenvalue weighted by Crippen LogP contribution is -2.16. The molecule has 0 fully saturated rings. The Balaban J connectivity index is 3.34. The molecule has 1 aliphatic rings. The summed E-state index contributed by atoms with van der Waals surface area (Å²) in [6.45, 7) is 0. The Labute approximate surface area is 97.8 Å². The summed E-state index contributed by atoms with van der Waals surface area (Å²) < 4.78 is 13.5. The number of hydrogen-bond donors (Lipinski definition) is 0. The van der Waals surface area contributed by atoms with Crippen LogP contribution in [-0.2, 0) is 23.8 Å². The van der Waals surface area contributed by atoms with Crippen LogP contribution in [0.5, 0.6) is 0 Å². The second-order valence-electron chi connectivity index (χ2n) is 3.01. The van der Waals surface area contributed by atoms with E-state index in [1.54, 1.807) is 0 Å². The highest BCUT2D eigenvalue weighted by molar-refractivity contribution is 6.07. The van der Waals surface area contributed by atoms with Crippen LogP contribution in [0.1, 0.15) is 0 Å². The minimum atomic E-state index is -0.796. The van der Waals surface area contributed by atoms with E-state index in [0.717, 1.165) is 7.11 Å². The summed E-state index contributed by atoms with van der Waals surface area (Å²) in [4.78, 5) is 22.9. The van der Waals surface area contributed by atoms with E-state index in [-0.39, 0.29) is 16.7 Å². The van der Waals surface area contributed by atoms with Gasteiger partial charge >= 0.3 is 11.9 Å². The second kappa shape index (κ2) is 5.20. The van der Waals surface area contributed by atoms with Crippen LogP contribution in [0, 0.1) is 0 Å². The standard InChI is InChI=1S/C11H12O6/c1-15-9(12)6-4-5-7(10(13)16-2)8(6)11(14)17-3/h4-5,12H,1-3H3/p-1. The predicted molar refractivity (Wildman–Crippen MR) is 54.2 cm³/mol. The summed E-state index contributed by atoms with van der Waals surface area (Å²) in [5, 5.41) is 11.4. The molecule has 0 saturated heterocycles. The van der Waals surface area contributed by atoms with E-state index in [1.807, 2.05) is 0 Å². The summed E-state index contributed by atoms with van der Waals surface area (Å²) in [6.07, 6.45) is 2.62. The molecule has 0 saturated carbocycles. The summed E-state index contributed by atoms with van der Waals surface area (Å²) in [6, 6.07) is 0. The average molecular weight is 239 g/mol. The van der Waals surface area contributed by atoms with Gasteiger partial charge in [0, 0.05) is 5.57 Å². The normalized spacial score (nSPS) is 16.9. The van der Waals surface area contributed by atoms with Crippen LogP contribution in [0.4, 0.5) is 0 Å². The third-order valence-corrected chi connectivity index (χ3v) is 2.16. The molecule has 0 aromatic heterocycles. The zero-order valence-corrected chi connectivity index (χ0v) is 9.60. The van der Waals surface area contributed by atoms with Crippen molar-refractivity contribution >= 4 is 11.9 Å². The molecule has 1 aliphatic carbocycles. The van der Waals surface area contributed by atoms with Crippen LogP contribution in [0.3, 0.4) is 0 Å². The van der Waals surface area contributed by atoms with Crippen molar-refractivity contribution in [2.24, 2.45) is 0 Å². The molecule has 0 aromatic rings. The molecule has 0 heterocycles. The summed E-state index contributed by atoms with van der Waals surface area (Å²) in [5.41, 5.74) is -0.203. The molecule has 0 atom stereocenters. The van der Waals surface area contributed by atoms with Gasteiger partial charge in [-0.3, -0.25) is 0 Å². The quantitative estimate of drug-likeness (QED) is 0.483. The van der Waals surface area contributed by atoms with Crippen molar-refractivity contribution in [2.45, 2.75) is 0 Å². The highest BCUT2D eigenvalue weighted by atomic mass is 16.6. The van der Waals surface area contributed by atoms with Crippen LogP contribution in [0.2, 0.25) is 0 Å². The van der Waals surface area contributed by atoms with Gasteiger partial charge in [-0.25, -0.2) is 9.59 Å². The maximum Gasteiger partial charge on any atom is 0.339 e. The van der Waals surface area contributed by atoms with E-state index in [2.05, 4.69) is 14.2 Å². The molecular formula is C11H11O6-. The van der Waals surface area contributed by atoms with Crippen molar-refractivity contribution in [1.82, 2.24) is 0 Å². The van der Waals surface area contributed by atoms with Crippen LogP contribution >= 0.6 is 0 Å². The molecule has 6 nitrogen and oxygen atoms in total. The molecule has 1 rings (SSSR count). The van der Waals surface area contributed by atoms with Crippen molar-refractivity contribution in [1.29, 1.82) is 0 Å². The Morgan fingerprint density at radius 2 is 1.59 bits per heavy atom. The zero-order valence-electron chi connectivity index (χ0n) is 9.60. The number of allylic oxidation sites excluding steroid dienone is 1. The summed E-state index contributed by atoms with van der Waals surface area (Å²) in [5.74, 6) is -2.24. The molecule has 0 aromatic carbocycles. The molecule has 92 valence electrons. The summed E-state index contributed by atoms with van der Waals surface area (Å²) in [7, 11) is 3.50. The van der Waals surface area contributed by atoms with E-state index in [4.69, 9.17) is 0 Å². The fourth-order valence-electron chi connectivity index (χ4n) is 1.36.